The SMILES string of the molecule is O=C(Nc1nc2c(s1)CN(Cc1ccccc1)CC2)[C@H]1C[C@@H](O)CN1. The van der Waals surface area contributed by atoms with Crippen molar-refractivity contribution in [3.63, 3.8) is 0 Å². The molecule has 0 aliphatic carbocycles. The van der Waals surface area contributed by atoms with Gasteiger partial charge in [-0.15, -0.1) is 11.3 Å². The van der Waals surface area contributed by atoms with E-state index in [-0.39, 0.29) is 11.9 Å². The molecule has 0 spiro atoms. The second-order valence-electron chi connectivity index (χ2n) is 6.67. The predicted octanol–water partition coefficient (Wildman–Crippen LogP) is 1.36. The van der Waals surface area contributed by atoms with Gasteiger partial charge in [-0.2, -0.15) is 0 Å². The van der Waals surface area contributed by atoms with Gasteiger partial charge in [0, 0.05) is 37.5 Å². The topological polar surface area (TPSA) is 77.5 Å². The Morgan fingerprint density at radius 1 is 1.40 bits per heavy atom. The fraction of sp³-hybridized carbons (Fsp3) is 0.444. The summed E-state index contributed by atoms with van der Waals surface area (Å²) in [6, 6.07) is 10.1. The van der Waals surface area contributed by atoms with Crippen LogP contribution in [0.3, 0.4) is 0 Å². The molecule has 132 valence electrons. The number of carbonyl (C=O) groups excluding carboxylic acids is 1. The molecule has 25 heavy (non-hydrogen) atoms. The van der Waals surface area contributed by atoms with Gasteiger partial charge < -0.3 is 15.7 Å². The van der Waals surface area contributed by atoms with Crippen molar-refractivity contribution >= 4 is 22.4 Å². The van der Waals surface area contributed by atoms with E-state index in [0.717, 1.165) is 31.7 Å². The summed E-state index contributed by atoms with van der Waals surface area (Å²) < 4.78 is 0. The number of hydrogen-bond donors (Lipinski definition) is 3. The number of β-amino-alcohol motifs (C(OH)–C–C–N with tert-alkyl or cyclic N) is 1. The molecule has 2 aromatic rings. The van der Waals surface area contributed by atoms with Crippen LogP contribution in [0, 0.1) is 0 Å². The van der Waals surface area contributed by atoms with E-state index < -0.39 is 6.10 Å². The highest BCUT2D eigenvalue weighted by atomic mass is 32.1. The maximum atomic E-state index is 12.3. The van der Waals surface area contributed by atoms with Crippen molar-refractivity contribution in [3.05, 3.63) is 46.5 Å². The van der Waals surface area contributed by atoms with Gasteiger partial charge in [-0.3, -0.25) is 9.69 Å². The van der Waals surface area contributed by atoms with Crippen molar-refractivity contribution in [1.82, 2.24) is 15.2 Å². The van der Waals surface area contributed by atoms with Crippen LogP contribution in [0.5, 0.6) is 0 Å². The van der Waals surface area contributed by atoms with Crippen LogP contribution in [-0.2, 0) is 24.3 Å². The quantitative estimate of drug-likeness (QED) is 0.769. The van der Waals surface area contributed by atoms with Crippen molar-refractivity contribution in [2.75, 3.05) is 18.4 Å². The Bertz CT molecular complexity index is 749. The van der Waals surface area contributed by atoms with Gasteiger partial charge in [0.15, 0.2) is 5.13 Å². The zero-order valence-electron chi connectivity index (χ0n) is 13.9. The highest BCUT2D eigenvalue weighted by Gasteiger charge is 2.29. The lowest BCUT2D eigenvalue weighted by atomic mass is 10.1. The number of anilines is 1. The number of amides is 1. The Morgan fingerprint density at radius 2 is 2.24 bits per heavy atom. The normalized spacial score (nSPS) is 23.4. The molecule has 1 aromatic carbocycles. The molecule has 4 rings (SSSR count). The zero-order chi connectivity index (χ0) is 17.2. The summed E-state index contributed by atoms with van der Waals surface area (Å²) >= 11 is 1.56. The Morgan fingerprint density at radius 3 is 3.00 bits per heavy atom. The Kier molecular flexibility index (Phi) is 4.80. The molecule has 0 radical (unpaired) electrons. The minimum atomic E-state index is -0.438. The number of hydrogen-bond acceptors (Lipinski definition) is 6. The molecule has 2 aliphatic rings. The van der Waals surface area contributed by atoms with E-state index in [2.05, 4.69) is 44.8 Å². The van der Waals surface area contributed by atoms with Gasteiger partial charge >= 0.3 is 0 Å². The lowest BCUT2D eigenvalue weighted by Gasteiger charge is -2.25. The third kappa shape index (κ3) is 3.90. The predicted molar refractivity (Wildman–Crippen MR) is 97.4 cm³/mol. The molecule has 1 fully saturated rings. The maximum Gasteiger partial charge on any atom is 0.243 e. The maximum absolute atomic E-state index is 12.3. The molecule has 2 aliphatic heterocycles. The van der Waals surface area contributed by atoms with Crippen molar-refractivity contribution in [2.45, 2.75) is 38.1 Å². The summed E-state index contributed by atoms with van der Waals surface area (Å²) in [5, 5.41) is 16.1. The van der Waals surface area contributed by atoms with E-state index >= 15 is 0 Å². The van der Waals surface area contributed by atoms with E-state index in [9.17, 15) is 9.90 Å². The van der Waals surface area contributed by atoms with Gasteiger partial charge in [-0.1, -0.05) is 30.3 Å². The zero-order valence-corrected chi connectivity index (χ0v) is 14.8. The number of rotatable bonds is 4. The summed E-state index contributed by atoms with van der Waals surface area (Å²) in [5.74, 6) is -0.108. The molecule has 1 saturated heterocycles. The van der Waals surface area contributed by atoms with Crippen LogP contribution in [0.2, 0.25) is 0 Å². The van der Waals surface area contributed by atoms with E-state index in [0.29, 0.717) is 18.1 Å². The summed E-state index contributed by atoms with van der Waals surface area (Å²) in [5.41, 5.74) is 2.42. The van der Waals surface area contributed by atoms with Gasteiger partial charge in [-0.25, -0.2) is 4.98 Å². The van der Waals surface area contributed by atoms with Gasteiger partial charge in [0.25, 0.3) is 0 Å². The minimum Gasteiger partial charge on any atom is -0.392 e. The van der Waals surface area contributed by atoms with Crippen LogP contribution in [0.15, 0.2) is 30.3 Å². The first-order valence-electron chi connectivity index (χ1n) is 8.64. The highest BCUT2D eigenvalue weighted by Crippen LogP contribution is 2.29. The molecule has 0 saturated carbocycles. The number of carbonyl (C=O) groups is 1. The van der Waals surface area contributed by atoms with Crippen molar-refractivity contribution in [2.24, 2.45) is 0 Å². The number of thiazole rings is 1. The van der Waals surface area contributed by atoms with Crippen molar-refractivity contribution in [1.29, 1.82) is 0 Å². The molecular weight excluding hydrogens is 336 g/mol. The van der Waals surface area contributed by atoms with Crippen LogP contribution < -0.4 is 10.6 Å². The number of nitrogens with one attached hydrogen (secondary N) is 2. The number of aliphatic hydroxyl groups is 1. The molecule has 7 heteroatoms. The first-order valence-corrected chi connectivity index (χ1v) is 9.46. The van der Waals surface area contributed by atoms with Crippen molar-refractivity contribution in [3.8, 4) is 0 Å². The minimum absolute atomic E-state index is 0.108. The fourth-order valence-electron chi connectivity index (χ4n) is 3.39. The average Bonchev–Trinajstić information content (AvgIpc) is 3.21. The summed E-state index contributed by atoms with van der Waals surface area (Å²) in [6.45, 7) is 3.26. The first kappa shape index (κ1) is 16.7. The molecule has 6 nitrogen and oxygen atoms in total. The standard InChI is InChI=1S/C18H22N4O2S/c23-13-8-15(19-9-13)17(24)21-18-20-14-6-7-22(11-16(14)25-18)10-12-4-2-1-3-5-12/h1-5,13,15,19,23H,6-11H2,(H,20,21,24)/t13-,15-/m1/s1. The second kappa shape index (κ2) is 7.21. The molecular formula is C18H22N4O2S. The van der Waals surface area contributed by atoms with Crippen LogP contribution in [0.25, 0.3) is 0 Å². The Hall–Kier alpha value is -1.80. The summed E-state index contributed by atoms with van der Waals surface area (Å²) in [6.07, 6.45) is 0.934. The third-order valence-corrected chi connectivity index (χ3v) is 5.71. The smallest absolute Gasteiger partial charge is 0.243 e. The van der Waals surface area contributed by atoms with E-state index in [4.69, 9.17) is 0 Å². The van der Waals surface area contributed by atoms with E-state index in [1.54, 1.807) is 11.3 Å². The van der Waals surface area contributed by atoms with E-state index in [1.807, 2.05) is 6.07 Å². The Labute approximate surface area is 150 Å². The summed E-state index contributed by atoms with van der Waals surface area (Å²) in [4.78, 5) is 20.5. The fourth-order valence-corrected chi connectivity index (χ4v) is 4.44. The lowest BCUT2D eigenvalue weighted by Crippen LogP contribution is -2.35. The number of benzene rings is 1. The summed E-state index contributed by atoms with van der Waals surface area (Å²) in [7, 11) is 0. The second-order valence-corrected chi connectivity index (χ2v) is 7.76. The van der Waals surface area contributed by atoms with Crippen LogP contribution in [0.1, 0.15) is 22.6 Å². The molecule has 3 N–H and O–H groups in total. The number of fused-ring (bicyclic) bond motifs is 1. The average molecular weight is 358 g/mol. The third-order valence-electron chi connectivity index (χ3n) is 4.71. The number of nitrogens with zero attached hydrogens (tertiary/aromatic N) is 2. The lowest BCUT2D eigenvalue weighted by molar-refractivity contribution is -0.117. The molecule has 1 amide bonds. The highest BCUT2D eigenvalue weighted by molar-refractivity contribution is 7.15. The van der Waals surface area contributed by atoms with Crippen LogP contribution >= 0.6 is 11.3 Å². The van der Waals surface area contributed by atoms with Crippen LogP contribution in [0.4, 0.5) is 5.13 Å². The largest absolute Gasteiger partial charge is 0.392 e. The molecule has 1 aromatic heterocycles. The van der Waals surface area contributed by atoms with Gasteiger partial charge in [0.1, 0.15) is 0 Å². The molecule has 0 unspecified atom stereocenters. The van der Waals surface area contributed by atoms with Gasteiger partial charge in [0.2, 0.25) is 5.91 Å². The number of aliphatic hydroxyl groups excluding tert-OH is 1. The van der Waals surface area contributed by atoms with E-state index in [1.165, 1.54) is 10.4 Å². The Balaban J connectivity index is 1.38. The van der Waals surface area contributed by atoms with Crippen molar-refractivity contribution < 1.29 is 9.90 Å². The van der Waals surface area contributed by atoms with Crippen LogP contribution in [-0.4, -0.2) is 46.1 Å². The number of aromatic nitrogens is 1. The monoisotopic (exact) mass is 358 g/mol. The van der Waals surface area contributed by atoms with Gasteiger partial charge in [-0.05, 0) is 12.0 Å². The first-order chi connectivity index (χ1) is 12.2. The van der Waals surface area contributed by atoms with Gasteiger partial charge in [0.05, 0.1) is 17.8 Å². The molecule has 0 bridgehead atoms. The molecule has 2 atom stereocenters. The molecule has 3 heterocycles.